The van der Waals surface area contributed by atoms with Gasteiger partial charge < -0.3 is 10.6 Å². The van der Waals surface area contributed by atoms with E-state index in [1.54, 1.807) is 0 Å². The molecule has 0 aromatic heterocycles. The predicted octanol–water partition coefficient (Wildman–Crippen LogP) is 1.85. The summed E-state index contributed by atoms with van der Waals surface area (Å²) in [5, 5.41) is 5.53. The van der Waals surface area contributed by atoms with Crippen LogP contribution in [0.3, 0.4) is 0 Å². The first-order valence-corrected chi connectivity index (χ1v) is 5.15. The molecular formula is C13H13N2O. The maximum atomic E-state index is 11.5. The van der Waals surface area contributed by atoms with E-state index in [0.29, 0.717) is 6.54 Å². The van der Waals surface area contributed by atoms with Gasteiger partial charge in [0.2, 0.25) is 0 Å². The molecule has 0 bridgehead atoms. The van der Waals surface area contributed by atoms with Crippen LogP contribution in [0.5, 0.6) is 0 Å². The van der Waals surface area contributed by atoms with E-state index in [1.165, 1.54) is 0 Å². The van der Waals surface area contributed by atoms with Crippen LogP contribution in [0.1, 0.15) is 5.56 Å². The molecule has 3 nitrogen and oxygen atoms in total. The third-order valence-electron chi connectivity index (χ3n) is 2.22. The first kappa shape index (κ1) is 11.0. The Labute approximate surface area is 96.2 Å². The minimum atomic E-state index is -0.185. The van der Waals surface area contributed by atoms with Crippen molar-refractivity contribution < 1.29 is 4.79 Å². The molecule has 0 saturated heterocycles. The van der Waals surface area contributed by atoms with Crippen LogP contribution in [-0.2, 0) is 6.54 Å². The van der Waals surface area contributed by atoms with Gasteiger partial charge in [0.15, 0.2) is 0 Å². The number of carbonyl (C=O) groups excluding carboxylic acids is 1. The standard InChI is InChI=1S/C13H13N2O/c16-13(15-12-8-4-5-9-12)14-10-11-6-2-1-3-7-11/h1-9H,10H2,(H2,14,15,16). The Morgan fingerprint density at radius 3 is 2.44 bits per heavy atom. The van der Waals surface area contributed by atoms with Gasteiger partial charge in [-0.2, -0.15) is 0 Å². The van der Waals surface area contributed by atoms with Gasteiger partial charge >= 0.3 is 6.03 Å². The summed E-state index contributed by atoms with van der Waals surface area (Å²) in [5.41, 5.74) is 1.08. The van der Waals surface area contributed by atoms with E-state index in [-0.39, 0.29) is 6.03 Å². The fraction of sp³-hybridized carbons (Fsp3) is 0.0769. The van der Waals surface area contributed by atoms with Crippen molar-refractivity contribution in [1.29, 1.82) is 0 Å². The second-order valence-corrected chi connectivity index (χ2v) is 3.47. The maximum Gasteiger partial charge on any atom is 0.315 e. The minimum absolute atomic E-state index is 0.185. The summed E-state index contributed by atoms with van der Waals surface area (Å²) >= 11 is 0. The van der Waals surface area contributed by atoms with Crippen LogP contribution in [0.25, 0.3) is 0 Å². The van der Waals surface area contributed by atoms with Gasteiger partial charge in [0.05, 0.1) is 6.04 Å². The van der Waals surface area contributed by atoms with Crippen LogP contribution >= 0.6 is 0 Å². The summed E-state index contributed by atoms with van der Waals surface area (Å²) in [5.74, 6) is 0. The molecule has 1 saturated carbocycles. The lowest BCUT2D eigenvalue weighted by atomic mass is 10.2. The van der Waals surface area contributed by atoms with Crippen molar-refractivity contribution in [3.05, 3.63) is 67.6 Å². The second-order valence-electron chi connectivity index (χ2n) is 3.47. The number of nitrogens with one attached hydrogen (secondary N) is 2. The molecule has 5 radical (unpaired) electrons. The number of carbonyl (C=O) groups is 1. The van der Waals surface area contributed by atoms with Gasteiger partial charge in [0.25, 0.3) is 0 Å². The van der Waals surface area contributed by atoms with E-state index < -0.39 is 0 Å². The van der Waals surface area contributed by atoms with Gasteiger partial charge in [0.1, 0.15) is 0 Å². The Kier molecular flexibility index (Phi) is 3.81. The van der Waals surface area contributed by atoms with E-state index in [9.17, 15) is 4.79 Å². The van der Waals surface area contributed by atoms with Crippen LogP contribution in [0.4, 0.5) is 4.79 Å². The topological polar surface area (TPSA) is 41.1 Å². The van der Waals surface area contributed by atoms with Gasteiger partial charge in [-0.3, -0.25) is 0 Å². The molecule has 0 heterocycles. The second kappa shape index (κ2) is 5.54. The van der Waals surface area contributed by atoms with Crippen molar-refractivity contribution in [2.75, 3.05) is 0 Å². The quantitative estimate of drug-likeness (QED) is 0.790. The smallest absolute Gasteiger partial charge is 0.315 e. The molecule has 1 aromatic carbocycles. The summed E-state index contributed by atoms with van der Waals surface area (Å²) in [6.07, 6.45) is 7.46. The Morgan fingerprint density at radius 1 is 1.06 bits per heavy atom. The molecule has 81 valence electrons. The SMILES string of the molecule is O=C(NCc1ccccc1)N[C]1[CH][CH][CH][CH]1. The summed E-state index contributed by atoms with van der Waals surface area (Å²) in [4.78, 5) is 11.5. The molecule has 1 aromatic rings. The van der Waals surface area contributed by atoms with E-state index >= 15 is 0 Å². The van der Waals surface area contributed by atoms with Crippen LogP contribution < -0.4 is 10.6 Å². The molecule has 2 N–H and O–H groups in total. The molecule has 0 spiro atoms. The van der Waals surface area contributed by atoms with Gasteiger partial charge in [0, 0.05) is 6.54 Å². The summed E-state index contributed by atoms with van der Waals surface area (Å²) in [6, 6.07) is 10.4. The Bertz CT molecular complexity index is 331. The number of hydrogen-bond acceptors (Lipinski definition) is 1. The van der Waals surface area contributed by atoms with E-state index in [0.717, 1.165) is 11.6 Å². The molecule has 1 aliphatic carbocycles. The van der Waals surface area contributed by atoms with Crippen LogP contribution in [-0.4, -0.2) is 6.03 Å². The maximum absolute atomic E-state index is 11.5. The summed E-state index contributed by atoms with van der Waals surface area (Å²) in [7, 11) is 0. The first-order chi connectivity index (χ1) is 7.84. The zero-order valence-corrected chi connectivity index (χ0v) is 8.81. The zero-order chi connectivity index (χ0) is 11.2. The van der Waals surface area contributed by atoms with Crippen molar-refractivity contribution in [3.63, 3.8) is 0 Å². The molecule has 1 aliphatic rings. The van der Waals surface area contributed by atoms with E-state index in [4.69, 9.17) is 0 Å². The van der Waals surface area contributed by atoms with E-state index in [1.807, 2.05) is 56.0 Å². The monoisotopic (exact) mass is 213 g/mol. The Hall–Kier alpha value is -1.51. The molecule has 0 unspecified atom stereocenters. The largest absolute Gasteiger partial charge is 0.334 e. The van der Waals surface area contributed by atoms with Gasteiger partial charge in [-0.05, 0) is 31.2 Å². The number of urea groups is 1. The molecule has 2 amide bonds. The average molecular weight is 213 g/mol. The minimum Gasteiger partial charge on any atom is -0.334 e. The van der Waals surface area contributed by atoms with E-state index in [2.05, 4.69) is 10.6 Å². The van der Waals surface area contributed by atoms with Crippen molar-refractivity contribution in [2.45, 2.75) is 6.54 Å². The molecule has 0 aliphatic heterocycles. The number of rotatable bonds is 3. The normalized spacial score (nSPS) is 16.0. The number of benzene rings is 1. The van der Waals surface area contributed by atoms with Crippen molar-refractivity contribution in [1.82, 2.24) is 10.6 Å². The van der Waals surface area contributed by atoms with Crippen molar-refractivity contribution >= 4 is 6.03 Å². The van der Waals surface area contributed by atoms with Crippen LogP contribution in [0, 0.1) is 31.7 Å². The first-order valence-electron chi connectivity index (χ1n) is 5.15. The predicted molar refractivity (Wildman–Crippen MR) is 62.3 cm³/mol. The lowest BCUT2D eigenvalue weighted by Gasteiger charge is -2.11. The van der Waals surface area contributed by atoms with Gasteiger partial charge in [-0.15, -0.1) is 0 Å². The molecule has 0 atom stereocenters. The highest BCUT2D eigenvalue weighted by Crippen LogP contribution is 2.19. The molecule has 1 fully saturated rings. The third kappa shape index (κ3) is 3.26. The van der Waals surface area contributed by atoms with Gasteiger partial charge in [-0.1, -0.05) is 30.3 Å². The molecule has 2 rings (SSSR count). The number of hydrogen-bond donors (Lipinski definition) is 2. The summed E-state index contributed by atoms with van der Waals surface area (Å²) < 4.78 is 0. The molecule has 3 heteroatoms. The highest BCUT2D eigenvalue weighted by atomic mass is 16.2. The summed E-state index contributed by atoms with van der Waals surface area (Å²) in [6.45, 7) is 0.535. The van der Waals surface area contributed by atoms with Gasteiger partial charge in [-0.25, -0.2) is 4.79 Å². The van der Waals surface area contributed by atoms with Crippen molar-refractivity contribution in [3.8, 4) is 0 Å². The zero-order valence-electron chi connectivity index (χ0n) is 8.81. The van der Waals surface area contributed by atoms with Crippen LogP contribution in [0.2, 0.25) is 0 Å². The fourth-order valence-corrected chi connectivity index (χ4v) is 1.41. The molecule has 16 heavy (non-hydrogen) atoms. The highest BCUT2D eigenvalue weighted by molar-refractivity contribution is 5.76. The Balaban J connectivity index is 1.71. The van der Waals surface area contributed by atoms with Crippen LogP contribution in [0.15, 0.2) is 30.3 Å². The molecular weight excluding hydrogens is 200 g/mol. The lowest BCUT2D eigenvalue weighted by molar-refractivity contribution is 0.242. The Morgan fingerprint density at radius 2 is 1.75 bits per heavy atom. The number of amides is 2. The van der Waals surface area contributed by atoms with Crippen molar-refractivity contribution in [2.24, 2.45) is 0 Å². The highest BCUT2D eigenvalue weighted by Gasteiger charge is 2.18. The fourth-order valence-electron chi connectivity index (χ4n) is 1.41. The lowest BCUT2D eigenvalue weighted by Crippen LogP contribution is -2.37. The third-order valence-corrected chi connectivity index (χ3v) is 2.22. The average Bonchev–Trinajstić information content (AvgIpc) is 2.81.